The van der Waals surface area contributed by atoms with Crippen LogP contribution in [0.25, 0.3) is 108 Å². The minimum Gasteiger partial charge on any atom is -0.307 e. The number of fused-ring (bicyclic) bond motifs is 15. The molecular formula is C56H42N4S. The van der Waals surface area contributed by atoms with Gasteiger partial charge in [-0.1, -0.05) is 143 Å². The van der Waals surface area contributed by atoms with Crippen LogP contribution in [0.4, 0.5) is 0 Å². The number of nitrogens with zero attached hydrogens (tertiary/aromatic N) is 4. The third-order valence-corrected chi connectivity index (χ3v) is 15.0. The van der Waals surface area contributed by atoms with Crippen LogP contribution >= 0.6 is 11.3 Å². The van der Waals surface area contributed by atoms with Crippen LogP contribution in [0, 0.1) is 0 Å². The largest absolute Gasteiger partial charge is 0.307 e. The van der Waals surface area contributed by atoms with E-state index in [0.717, 1.165) is 51.0 Å². The Kier molecular flexibility index (Phi) is 7.10. The molecule has 0 saturated carbocycles. The van der Waals surface area contributed by atoms with E-state index in [9.17, 15) is 0 Å². The predicted molar refractivity (Wildman–Crippen MR) is 259 cm³/mol. The van der Waals surface area contributed by atoms with Gasteiger partial charge in [-0.2, -0.15) is 0 Å². The second-order valence-corrected chi connectivity index (χ2v) is 19.4. The van der Waals surface area contributed by atoms with Gasteiger partial charge in [-0.05, 0) is 98.8 Å². The first-order valence-electron chi connectivity index (χ1n) is 21.5. The number of rotatable bonds is 3. The van der Waals surface area contributed by atoms with Crippen molar-refractivity contribution in [2.24, 2.45) is 0 Å². The maximum absolute atomic E-state index is 5.74. The van der Waals surface area contributed by atoms with Crippen LogP contribution in [-0.2, 0) is 10.8 Å². The third-order valence-electron chi connectivity index (χ3n) is 14.0. The molecule has 0 aliphatic heterocycles. The summed E-state index contributed by atoms with van der Waals surface area (Å²) >= 11 is 1.75. The van der Waals surface area contributed by atoms with Gasteiger partial charge in [-0.25, -0.2) is 9.97 Å². The van der Waals surface area contributed by atoms with Gasteiger partial charge in [0.2, 0.25) is 5.95 Å². The number of thiophene rings is 1. The summed E-state index contributed by atoms with van der Waals surface area (Å²) in [6.07, 6.45) is 2.31. The topological polar surface area (TPSA) is 35.6 Å². The summed E-state index contributed by atoms with van der Waals surface area (Å²) in [4.78, 5) is 12.3. The Morgan fingerprint density at radius 3 is 1.85 bits per heavy atom. The average Bonchev–Trinajstić information content (AvgIpc) is 3.95. The third kappa shape index (κ3) is 4.87. The predicted octanol–water partition coefficient (Wildman–Crippen LogP) is 15.4. The Labute approximate surface area is 357 Å². The molecule has 4 nitrogen and oxygen atoms in total. The Bertz CT molecular complexity index is 3820. The van der Waals surface area contributed by atoms with E-state index in [-0.39, 0.29) is 10.8 Å². The summed E-state index contributed by atoms with van der Waals surface area (Å²) in [7, 11) is 0. The summed E-state index contributed by atoms with van der Waals surface area (Å²) in [6.45, 7) is 9.74. The molecule has 0 saturated heterocycles. The highest BCUT2D eigenvalue weighted by atomic mass is 32.1. The quantitative estimate of drug-likeness (QED) is 0.178. The lowest BCUT2D eigenvalue weighted by Crippen LogP contribution is -2.33. The molecule has 12 aromatic rings. The Morgan fingerprint density at radius 1 is 0.475 bits per heavy atom. The molecule has 8 aromatic carbocycles. The van der Waals surface area contributed by atoms with Crippen molar-refractivity contribution in [3.8, 4) is 22.9 Å². The fourth-order valence-corrected chi connectivity index (χ4v) is 11.9. The summed E-state index contributed by atoms with van der Waals surface area (Å²) in [6, 6.07) is 58.1. The molecule has 0 spiro atoms. The van der Waals surface area contributed by atoms with Gasteiger partial charge in [0.15, 0.2) is 0 Å². The van der Waals surface area contributed by atoms with Crippen LogP contribution in [0.1, 0.15) is 51.7 Å². The van der Waals surface area contributed by atoms with Crippen LogP contribution in [0.2, 0.25) is 0 Å². The molecule has 0 unspecified atom stereocenters. The van der Waals surface area contributed by atoms with Gasteiger partial charge < -0.3 is 4.57 Å². The van der Waals surface area contributed by atoms with Crippen molar-refractivity contribution in [2.45, 2.75) is 51.4 Å². The van der Waals surface area contributed by atoms with E-state index in [0.29, 0.717) is 5.95 Å². The van der Waals surface area contributed by atoms with E-state index in [1.165, 1.54) is 75.3 Å². The zero-order chi connectivity index (χ0) is 40.8. The maximum atomic E-state index is 5.74. The number of aromatic nitrogens is 4. The van der Waals surface area contributed by atoms with E-state index >= 15 is 0 Å². The molecule has 5 heteroatoms. The molecule has 1 aliphatic rings. The second kappa shape index (κ2) is 12.4. The molecule has 0 atom stereocenters. The first-order chi connectivity index (χ1) is 29.7. The van der Waals surface area contributed by atoms with Crippen molar-refractivity contribution in [3.05, 3.63) is 169 Å². The fourth-order valence-electron chi connectivity index (χ4n) is 10.8. The highest BCUT2D eigenvalue weighted by molar-refractivity contribution is 7.25. The summed E-state index contributed by atoms with van der Waals surface area (Å²) in [5.41, 5.74) is 10.8. The van der Waals surface area contributed by atoms with Crippen LogP contribution in [-0.4, -0.2) is 19.1 Å². The molecule has 0 amide bonds. The number of hydrogen-bond acceptors (Lipinski definition) is 3. The van der Waals surface area contributed by atoms with Gasteiger partial charge >= 0.3 is 0 Å². The van der Waals surface area contributed by atoms with E-state index < -0.39 is 0 Å². The lowest BCUT2D eigenvalue weighted by molar-refractivity contribution is 0.332. The molecule has 0 N–H and O–H groups in total. The fraction of sp³-hybridized carbons (Fsp3) is 0.143. The normalized spacial score (nSPS) is 15.0. The smallest absolute Gasteiger partial charge is 0.236 e. The van der Waals surface area contributed by atoms with E-state index in [2.05, 4.69) is 195 Å². The minimum absolute atomic E-state index is 0.0516. The highest BCUT2D eigenvalue weighted by Crippen LogP contribution is 2.52. The van der Waals surface area contributed by atoms with Crippen LogP contribution in [0.15, 0.2) is 158 Å². The first-order valence-corrected chi connectivity index (χ1v) is 22.3. The van der Waals surface area contributed by atoms with Crippen molar-refractivity contribution < 1.29 is 0 Å². The lowest BCUT2D eigenvalue weighted by atomic mass is 9.63. The van der Waals surface area contributed by atoms with Gasteiger partial charge in [0.1, 0.15) is 4.83 Å². The van der Waals surface area contributed by atoms with Crippen molar-refractivity contribution >= 4 is 96.8 Å². The van der Waals surface area contributed by atoms with Crippen molar-refractivity contribution in [3.63, 3.8) is 0 Å². The molecule has 292 valence electrons. The van der Waals surface area contributed by atoms with Gasteiger partial charge in [0.25, 0.3) is 0 Å². The number of para-hydroxylation sites is 2. The lowest BCUT2D eigenvalue weighted by Gasteiger charge is -2.42. The second-order valence-electron chi connectivity index (χ2n) is 18.4. The molecular weight excluding hydrogens is 761 g/mol. The number of hydrogen-bond donors (Lipinski definition) is 0. The molecule has 4 heterocycles. The first kappa shape index (κ1) is 35.0. The number of benzene rings is 8. The maximum Gasteiger partial charge on any atom is 0.236 e. The molecule has 4 aromatic heterocycles. The minimum atomic E-state index is 0.0516. The summed E-state index contributed by atoms with van der Waals surface area (Å²) < 4.78 is 6.15. The Morgan fingerprint density at radius 2 is 1.08 bits per heavy atom. The van der Waals surface area contributed by atoms with Crippen molar-refractivity contribution in [2.75, 3.05) is 0 Å². The van der Waals surface area contributed by atoms with Crippen LogP contribution in [0.3, 0.4) is 0 Å². The zero-order valence-corrected chi connectivity index (χ0v) is 35.4. The molecule has 1 aliphatic carbocycles. The van der Waals surface area contributed by atoms with E-state index in [1.54, 1.807) is 11.3 Å². The summed E-state index contributed by atoms with van der Waals surface area (Å²) in [5, 5.41) is 12.2. The average molecular weight is 803 g/mol. The monoisotopic (exact) mass is 802 g/mol. The van der Waals surface area contributed by atoms with Gasteiger partial charge in [-0.15, -0.1) is 11.3 Å². The van der Waals surface area contributed by atoms with Gasteiger partial charge in [0, 0.05) is 48.3 Å². The van der Waals surface area contributed by atoms with Crippen LogP contribution in [0.5, 0.6) is 0 Å². The highest BCUT2D eigenvalue weighted by Gasteiger charge is 2.38. The molecule has 13 rings (SSSR count). The van der Waals surface area contributed by atoms with Gasteiger partial charge in [-0.3, -0.25) is 4.57 Å². The summed E-state index contributed by atoms with van der Waals surface area (Å²) in [5.74, 6) is 0.677. The van der Waals surface area contributed by atoms with Crippen LogP contribution < -0.4 is 0 Å². The van der Waals surface area contributed by atoms with E-state index in [1.807, 2.05) is 0 Å². The van der Waals surface area contributed by atoms with Gasteiger partial charge in [0.05, 0.1) is 27.8 Å². The molecule has 0 radical (unpaired) electrons. The molecule has 0 bridgehead atoms. The van der Waals surface area contributed by atoms with Crippen molar-refractivity contribution in [1.29, 1.82) is 0 Å². The standard InChI is InChI=1S/C56H42N4S/c1-55(2)28-29-56(3,4)43-32-45-41(31-42(43)55)48-38-21-11-10-20-37(38)47-39-22-12-14-24-44(39)60(52(47)51(48)59(45)36-18-6-5-7-19-36)54-57-50(35-27-26-33-16-8-9-17-34(33)30-35)49-40-23-13-15-25-46(40)61-53(49)58-54/h5-27,30-32H,28-29H2,1-4H3. The van der Waals surface area contributed by atoms with E-state index in [4.69, 9.17) is 9.97 Å². The molecule has 0 fully saturated rings. The van der Waals surface area contributed by atoms with Crippen molar-refractivity contribution in [1.82, 2.24) is 19.1 Å². The SMILES string of the molecule is CC1(C)CCC(C)(C)c2cc3c(cc21)c1c2ccccc2c2c4ccccc4n(-c4nc(-c5ccc6ccccc6c5)c5c(n4)sc4ccccc45)c2c1n3-c1ccccc1. The Hall–Kier alpha value is -6.82. The molecule has 61 heavy (non-hydrogen) atoms. The zero-order valence-electron chi connectivity index (χ0n) is 34.6. The Balaban J connectivity index is 1.26.